The summed E-state index contributed by atoms with van der Waals surface area (Å²) >= 11 is 0. The molecule has 8 aromatic rings. The molecule has 4 aromatic carbocycles. The van der Waals surface area contributed by atoms with Crippen LogP contribution in [0.4, 0.5) is 0 Å². The topological polar surface area (TPSA) is 471 Å². The summed E-state index contributed by atoms with van der Waals surface area (Å²) in [5, 5.41) is 33.4. The Balaban J connectivity index is 0.692. The van der Waals surface area contributed by atoms with Gasteiger partial charge < -0.3 is 90.0 Å². The van der Waals surface area contributed by atoms with Crippen LogP contribution < -0.4 is 4.68 Å². The molecule has 6 unspecified atom stereocenters. The molecule has 0 spiro atoms. The summed E-state index contributed by atoms with van der Waals surface area (Å²) in [4.78, 5) is 133. The zero-order chi connectivity index (χ0) is 94.0. The van der Waals surface area contributed by atoms with Crippen molar-refractivity contribution in [3.8, 4) is 0 Å². The van der Waals surface area contributed by atoms with Crippen molar-refractivity contribution >= 4 is 59.7 Å². The number of aromatic nitrogens is 12. The Kier molecular flexibility index (Phi) is 33.4. The number of hydrogen-bond acceptors (Lipinski definition) is 36. The first kappa shape index (κ1) is 97.3. The first-order valence-corrected chi connectivity index (χ1v) is 43.7. The SMILES string of the molecule is CC(=O)OCC1O[C@H](O[C@@H]2C(COC(C)=O)O[C@H](C[C@@H]3C(COC(C)=O)O[C@@H](OCc4c[n+](C[C@H]5O[C@@H](OCc6cn(CCn7cc(CO[C@@H]8O[C@@H](Cn9cc(C)nn9)[C@H](OC(=O)c9ccccc9)[C@@H](OC(=O)c9ccccc9)[C@H]8C)nn7)nn6)[C@@H](OC(=O)c6ccccc6)[C@@H](OC(=O)c6ccccc6)[C@@H]5C)n[nH]4)C(OC(C)=O)[C@H]3C)C(OC(C)=O)[C@H]2C)C(OC(C)=O)[C@@H](C)[C@@H]1C. The minimum Gasteiger partial charge on any atom is -0.463 e. The molecule has 9 heterocycles. The predicted molar refractivity (Wildman–Crippen MR) is 448 cm³/mol. The standard InChI is InChI=1S/C91H110N12O29/c1-49-37-102(96-92-49)42-72-82(130-86(112)64-30-22-16-23-31-64)79(129-85(111)63-28-20-15-21-29-63)55(7)88(125-72)117-43-66-38-100(97-93-66)34-35-101-39-67(94-98-101)44-119-90-83(131-87(113)65-32-24-17-25-33-65)78(128-84(110)62-26-18-14-19-27-62)53(5)71(124-90)41-103-40-68(95-99-103)45-118-89-81(122-61(13)109)52(4)69(74(127-89)47-115-57(9)105)36-70-76(120-59(11)107)54(6)77(75(123-70)48-116-58(10)106)132-91-80(121-60(12)108)51(3)50(2)73(126-91)46-114-56(8)104/h14-33,37-40,50-55,69-83,88-91H,34-36,41-48H2,1-13H3/p+1/t50-,51-,52-,53+,54+,55+,69-,70+,71+,72-,73?,74?,75?,76?,77-,78-,79-,80?,81?,82-,83-,88+,89+,90+,91+/m0/s1. The van der Waals surface area contributed by atoms with Gasteiger partial charge in [-0.25, -0.2) is 23.9 Å². The molecular weight excluding hydrogens is 1730 g/mol. The van der Waals surface area contributed by atoms with Gasteiger partial charge in [-0.15, -0.1) is 25.1 Å². The summed E-state index contributed by atoms with van der Waals surface area (Å²) in [6, 6.07) is 33.3. The van der Waals surface area contributed by atoms with E-state index in [1.807, 2.05) is 13.8 Å². The van der Waals surface area contributed by atoms with Gasteiger partial charge >= 0.3 is 59.7 Å². The van der Waals surface area contributed by atoms with Crippen molar-refractivity contribution in [2.75, 3.05) is 19.8 Å². The van der Waals surface area contributed by atoms with E-state index in [0.717, 1.165) is 0 Å². The van der Waals surface area contributed by atoms with Crippen LogP contribution in [-0.2, 0) is 165 Å². The molecule has 41 heteroatoms. The van der Waals surface area contributed by atoms with E-state index in [9.17, 15) is 47.9 Å². The number of aryl methyl sites for hydroxylation is 3. The van der Waals surface area contributed by atoms with Gasteiger partial charge in [0.05, 0.1) is 103 Å². The lowest BCUT2D eigenvalue weighted by Gasteiger charge is -2.50. The molecule has 25 atom stereocenters. The van der Waals surface area contributed by atoms with E-state index in [4.69, 9.17) is 90.0 Å². The number of H-pyrrole nitrogens is 1. The molecule has 132 heavy (non-hydrogen) atoms. The van der Waals surface area contributed by atoms with Gasteiger partial charge in [-0.1, -0.05) is 130 Å². The number of rotatable bonds is 37. The molecule has 5 aliphatic rings. The molecule has 4 aromatic heterocycles. The Morgan fingerprint density at radius 2 is 0.803 bits per heavy atom. The Morgan fingerprint density at radius 1 is 0.371 bits per heavy atom. The number of hydrogen-bond donors (Lipinski definition) is 1. The highest BCUT2D eigenvalue weighted by molar-refractivity contribution is 5.91. The number of esters is 10. The highest BCUT2D eigenvalue weighted by Crippen LogP contribution is 2.44. The average molecular weight is 1840 g/mol. The third-order valence-electron chi connectivity index (χ3n) is 23.8. The Hall–Kier alpha value is -12.2. The van der Waals surface area contributed by atoms with E-state index in [2.05, 4.69) is 41.2 Å². The van der Waals surface area contributed by atoms with Gasteiger partial charge in [-0.3, -0.25) is 38.1 Å². The molecular formula is C91H111N12O29+. The lowest BCUT2D eigenvalue weighted by atomic mass is 9.75. The van der Waals surface area contributed by atoms with Crippen LogP contribution >= 0.6 is 0 Å². The molecule has 0 saturated carbocycles. The van der Waals surface area contributed by atoms with Crippen molar-refractivity contribution in [2.45, 2.75) is 253 Å². The van der Waals surface area contributed by atoms with Crippen molar-refractivity contribution in [2.24, 2.45) is 41.4 Å². The van der Waals surface area contributed by atoms with Gasteiger partial charge in [0, 0.05) is 77.3 Å². The fourth-order valence-corrected chi connectivity index (χ4v) is 16.8. The second kappa shape index (κ2) is 45.3. The third kappa shape index (κ3) is 25.5. The monoisotopic (exact) mass is 1840 g/mol. The molecule has 1 N–H and O–H groups in total. The van der Waals surface area contributed by atoms with Crippen molar-refractivity contribution in [1.82, 2.24) is 55.3 Å². The maximum absolute atomic E-state index is 14.3. The van der Waals surface area contributed by atoms with Gasteiger partial charge in [-0.05, 0) is 73.7 Å². The number of benzene rings is 4. The van der Waals surface area contributed by atoms with Crippen molar-refractivity contribution in [3.05, 3.63) is 191 Å². The van der Waals surface area contributed by atoms with Gasteiger partial charge in [-0.2, -0.15) is 0 Å². The van der Waals surface area contributed by atoms with Gasteiger partial charge in [0.1, 0.15) is 81.0 Å². The van der Waals surface area contributed by atoms with E-state index >= 15 is 0 Å². The van der Waals surface area contributed by atoms with Crippen LogP contribution in [0, 0.1) is 48.3 Å². The molecule has 13 rings (SSSR count). The van der Waals surface area contributed by atoms with Crippen LogP contribution in [0.2, 0.25) is 0 Å². The molecule has 0 bridgehead atoms. The zero-order valence-electron chi connectivity index (χ0n) is 75.3. The molecule has 5 saturated heterocycles. The first-order valence-electron chi connectivity index (χ1n) is 43.7. The van der Waals surface area contributed by atoms with Crippen molar-refractivity contribution in [3.63, 3.8) is 0 Å². The lowest BCUT2D eigenvalue weighted by Crippen LogP contribution is -2.62. The summed E-state index contributed by atoms with van der Waals surface area (Å²) in [6.07, 6.45) is -13.6. The molecule has 5 aliphatic heterocycles. The van der Waals surface area contributed by atoms with E-state index in [1.54, 1.807) is 195 Å². The molecule has 0 radical (unpaired) electrons. The Morgan fingerprint density at radius 3 is 1.31 bits per heavy atom. The van der Waals surface area contributed by atoms with Gasteiger partial charge in [0.2, 0.25) is 0 Å². The van der Waals surface area contributed by atoms with Crippen LogP contribution in [-0.4, -0.2) is 245 Å². The highest BCUT2D eigenvalue weighted by atomic mass is 16.7. The van der Waals surface area contributed by atoms with Crippen LogP contribution in [0.15, 0.2) is 146 Å². The van der Waals surface area contributed by atoms with Crippen molar-refractivity contribution < 1.29 is 143 Å². The number of carbonyl (C=O) groups excluding carboxylic acids is 10. The second-order valence-electron chi connectivity index (χ2n) is 33.6. The number of carbonyl (C=O) groups is 10. The molecule has 5 fully saturated rings. The lowest BCUT2D eigenvalue weighted by molar-refractivity contribution is -0.761. The van der Waals surface area contributed by atoms with Crippen LogP contribution in [0.3, 0.4) is 0 Å². The third-order valence-corrected chi connectivity index (χ3v) is 23.8. The number of nitrogens with zero attached hydrogens (tertiary/aromatic N) is 11. The maximum atomic E-state index is 14.3. The summed E-state index contributed by atoms with van der Waals surface area (Å²) in [7, 11) is 0. The predicted octanol–water partition coefficient (Wildman–Crippen LogP) is 6.69. The van der Waals surface area contributed by atoms with Crippen LogP contribution in [0.1, 0.15) is 154 Å². The Labute approximate surface area is 759 Å². The van der Waals surface area contributed by atoms with Crippen molar-refractivity contribution in [1.29, 1.82) is 0 Å². The van der Waals surface area contributed by atoms with E-state index < -0.39 is 206 Å². The number of aromatic amines is 1. The minimum absolute atomic E-state index is 0.0265. The van der Waals surface area contributed by atoms with Gasteiger partial charge in [0.15, 0.2) is 61.5 Å². The first-order chi connectivity index (χ1) is 63.4. The molecule has 0 amide bonds. The average Bonchev–Trinajstić information content (AvgIpc) is 1.28. The normalized spacial score (nSPS) is 28.7. The number of nitrogens with one attached hydrogen (secondary N) is 1. The largest absolute Gasteiger partial charge is 0.463 e. The Bertz CT molecular complexity index is 5190. The van der Waals surface area contributed by atoms with E-state index in [1.165, 1.54) is 46.2 Å². The summed E-state index contributed by atoms with van der Waals surface area (Å²) in [6.45, 7) is 18.9. The smallest absolute Gasteiger partial charge is 0.338 e. The minimum atomic E-state index is -1.45. The van der Waals surface area contributed by atoms with Crippen LogP contribution in [0.25, 0.3) is 0 Å². The molecule has 41 nitrogen and oxygen atoms in total. The quantitative estimate of drug-likeness (QED) is 0.0240. The number of ether oxygens (including phenoxy) is 19. The fraction of sp³-hybridized carbons (Fsp3) is 0.538. The van der Waals surface area contributed by atoms with E-state index in [0.29, 0.717) is 22.8 Å². The fourth-order valence-electron chi connectivity index (χ4n) is 16.8. The van der Waals surface area contributed by atoms with Gasteiger partial charge in [0.25, 0.3) is 0 Å². The zero-order valence-corrected chi connectivity index (χ0v) is 75.3. The molecule has 0 aliphatic carbocycles. The second-order valence-corrected chi connectivity index (χ2v) is 33.6. The summed E-state index contributed by atoms with van der Waals surface area (Å²) in [5.41, 5.74) is 2.67. The highest BCUT2D eigenvalue weighted by Gasteiger charge is 2.57. The van der Waals surface area contributed by atoms with Crippen LogP contribution in [0.5, 0.6) is 0 Å². The summed E-state index contributed by atoms with van der Waals surface area (Å²) < 4.78 is 126. The van der Waals surface area contributed by atoms with E-state index in [-0.39, 0.29) is 100 Å². The summed E-state index contributed by atoms with van der Waals surface area (Å²) in [5.74, 6) is -11.1. The molecule has 708 valence electrons. The maximum Gasteiger partial charge on any atom is 0.338 e.